The van der Waals surface area contributed by atoms with Gasteiger partial charge in [-0.05, 0) is 37.0 Å². The Labute approximate surface area is 95.2 Å². The van der Waals surface area contributed by atoms with E-state index >= 15 is 0 Å². The van der Waals surface area contributed by atoms with Gasteiger partial charge in [0, 0.05) is 11.4 Å². The first kappa shape index (κ1) is 12.1. The molecule has 0 fully saturated rings. The lowest BCUT2D eigenvalue weighted by Gasteiger charge is -2.05. The van der Waals surface area contributed by atoms with Crippen LogP contribution in [-0.4, -0.2) is 13.4 Å². The fraction of sp³-hybridized carbons (Fsp3) is 0.417. The Kier molecular flexibility index (Phi) is 5.19. The number of carbonyl (C=O) groups is 1. The van der Waals surface area contributed by atoms with Gasteiger partial charge in [-0.1, -0.05) is 17.7 Å². The van der Waals surface area contributed by atoms with Crippen LogP contribution in [0, 0.1) is 0 Å². The number of methoxy groups -OCH3 is 1. The van der Waals surface area contributed by atoms with E-state index in [0.29, 0.717) is 6.42 Å². The van der Waals surface area contributed by atoms with Crippen molar-refractivity contribution in [1.29, 1.82) is 0 Å². The lowest BCUT2D eigenvalue weighted by atomic mass is 10.1. The number of aryl methyl sites for hydroxylation is 1. The number of hydrogen-bond donors (Lipinski definition) is 0. The molecule has 0 atom stereocenters. The molecule has 0 radical (unpaired) electrons. The van der Waals surface area contributed by atoms with Gasteiger partial charge >= 0.3 is 0 Å². The van der Waals surface area contributed by atoms with Gasteiger partial charge in [-0.3, -0.25) is 0 Å². The van der Waals surface area contributed by atoms with E-state index in [4.69, 9.17) is 16.3 Å². The van der Waals surface area contributed by atoms with E-state index in [2.05, 4.69) is 0 Å². The molecule has 0 saturated carbocycles. The fourth-order valence-corrected chi connectivity index (χ4v) is 1.67. The van der Waals surface area contributed by atoms with Gasteiger partial charge in [0.2, 0.25) is 0 Å². The number of halogens is 1. The van der Waals surface area contributed by atoms with E-state index in [0.717, 1.165) is 41.9 Å². The summed E-state index contributed by atoms with van der Waals surface area (Å²) in [6.07, 6.45) is 4.41. The maximum absolute atomic E-state index is 10.1. The Balaban J connectivity index is 2.50. The second-order valence-electron chi connectivity index (χ2n) is 3.37. The molecule has 0 aliphatic rings. The summed E-state index contributed by atoms with van der Waals surface area (Å²) in [5.74, 6) is 0.775. The third-order valence-electron chi connectivity index (χ3n) is 2.28. The Hall–Kier alpha value is -1.02. The lowest BCUT2D eigenvalue weighted by molar-refractivity contribution is -0.107. The van der Waals surface area contributed by atoms with Crippen LogP contribution in [0.5, 0.6) is 5.75 Å². The van der Waals surface area contributed by atoms with E-state index in [9.17, 15) is 4.79 Å². The van der Waals surface area contributed by atoms with E-state index < -0.39 is 0 Å². The molecular formula is C12H15ClO2. The third-order valence-corrected chi connectivity index (χ3v) is 2.63. The van der Waals surface area contributed by atoms with E-state index in [1.165, 1.54) is 0 Å². The van der Waals surface area contributed by atoms with Crippen molar-refractivity contribution in [1.82, 2.24) is 0 Å². The molecule has 3 heteroatoms. The molecule has 0 aliphatic carbocycles. The van der Waals surface area contributed by atoms with Crippen molar-refractivity contribution in [2.24, 2.45) is 0 Å². The SMILES string of the molecule is COc1ccc(CCCCC=O)c(Cl)c1. The van der Waals surface area contributed by atoms with Crippen molar-refractivity contribution < 1.29 is 9.53 Å². The second-order valence-corrected chi connectivity index (χ2v) is 3.78. The van der Waals surface area contributed by atoms with E-state index in [1.807, 2.05) is 18.2 Å². The smallest absolute Gasteiger partial charge is 0.120 e. The van der Waals surface area contributed by atoms with Crippen molar-refractivity contribution >= 4 is 17.9 Å². The average molecular weight is 227 g/mol. The minimum atomic E-state index is 0.633. The zero-order valence-electron chi connectivity index (χ0n) is 8.83. The molecule has 0 unspecified atom stereocenters. The number of rotatable bonds is 6. The summed E-state index contributed by atoms with van der Waals surface area (Å²) in [6, 6.07) is 5.69. The molecule has 0 aliphatic heterocycles. The topological polar surface area (TPSA) is 26.3 Å². The molecule has 1 aromatic carbocycles. The minimum Gasteiger partial charge on any atom is -0.497 e. The summed E-state index contributed by atoms with van der Waals surface area (Å²) in [6.45, 7) is 0. The molecule has 0 N–H and O–H groups in total. The minimum absolute atomic E-state index is 0.633. The number of carbonyl (C=O) groups excluding carboxylic acids is 1. The summed E-state index contributed by atoms with van der Waals surface area (Å²) in [7, 11) is 1.62. The third kappa shape index (κ3) is 3.92. The molecule has 0 heterocycles. The maximum atomic E-state index is 10.1. The molecule has 0 aromatic heterocycles. The Morgan fingerprint density at radius 2 is 2.20 bits per heavy atom. The van der Waals surface area contributed by atoms with E-state index in [1.54, 1.807) is 7.11 Å². The molecule has 2 nitrogen and oxygen atoms in total. The van der Waals surface area contributed by atoms with Crippen LogP contribution >= 0.6 is 11.6 Å². The van der Waals surface area contributed by atoms with Crippen molar-refractivity contribution in [2.45, 2.75) is 25.7 Å². The van der Waals surface area contributed by atoms with Gasteiger partial charge in [-0.2, -0.15) is 0 Å². The summed E-state index contributed by atoms with van der Waals surface area (Å²) in [4.78, 5) is 10.1. The number of aldehydes is 1. The van der Waals surface area contributed by atoms with Gasteiger partial charge in [-0.15, -0.1) is 0 Å². The fourth-order valence-electron chi connectivity index (χ4n) is 1.40. The number of unbranched alkanes of at least 4 members (excludes halogenated alkanes) is 2. The van der Waals surface area contributed by atoms with E-state index in [-0.39, 0.29) is 0 Å². The molecule has 1 aromatic rings. The average Bonchev–Trinajstić information content (AvgIpc) is 2.26. The number of hydrogen-bond acceptors (Lipinski definition) is 2. The Morgan fingerprint density at radius 3 is 2.80 bits per heavy atom. The van der Waals surface area contributed by atoms with Gasteiger partial charge in [-0.25, -0.2) is 0 Å². The predicted octanol–water partition coefficient (Wildman–Crippen LogP) is 3.26. The van der Waals surface area contributed by atoms with Gasteiger partial charge in [0.05, 0.1) is 7.11 Å². The highest BCUT2D eigenvalue weighted by atomic mass is 35.5. The summed E-state index contributed by atoms with van der Waals surface area (Å²) < 4.78 is 5.06. The van der Waals surface area contributed by atoms with Crippen LogP contribution in [0.25, 0.3) is 0 Å². The highest BCUT2D eigenvalue weighted by molar-refractivity contribution is 6.31. The molecular weight excluding hydrogens is 212 g/mol. The molecule has 0 amide bonds. The summed E-state index contributed by atoms with van der Waals surface area (Å²) in [5, 5.41) is 0.737. The van der Waals surface area contributed by atoms with Crippen LogP contribution in [-0.2, 0) is 11.2 Å². The van der Waals surface area contributed by atoms with Gasteiger partial charge in [0.15, 0.2) is 0 Å². The first-order chi connectivity index (χ1) is 7.27. The molecule has 0 spiro atoms. The van der Waals surface area contributed by atoms with Crippen molar-refractivity contribution in [3.05, 3.63) is 28.8 Å². The predicted molar refractivity (Wildman–Crippen MR) is 61.6 cm³/mol. The normalized spacial score (nSPS) is 10.0. The summed E-state index contributed by atoms with van der Waals surface area (Å²) >= 11 is 6.07. The molecule has 0 bridgehead atoms. The number of ether oxygens (including phenoxy) is 1. The van der Waals surface area contributed by atoms with Crippen molar-refractivity contribution in [3.63, 3.8) is 0 Å². The molecule has 15 heavy (non-hydrogen) atoms. The summed E-state index contributed by atoms with van der Waals surface area (Å²) in [5.41, 5.74) is 1.11. The van der Waals surface area contributed by atoms with Gasteiger partial charge < -0.3 is 9.53 Å². The standard InChI is InChI=1S/C12H15ClO2/c1-15-11-7-6-10(12(13)9-11)5-3-2-4-8-14/h6-9H,2-5H2,1H3. The monoisotopic (exact) mass is 226 g/mol. The zero-order valence-corrected chi connectivity index (χ0v) is 9.59. The highest BCUT2D eigenvalue weighted by Gasteiger charge is 2.01. The second kappa shape index (κ2) is 6.46. The quantitative estimate of drug-likeness (QED) is 0.550. The van der Waals surface area contributed by atoms with Crippen LogP contribution in [0.1, 0.15) is 24.8 Å². The first-order valence-corrected chi connectivity index (χ1v) is 5.41. The zero-order chi connectivity index (χ0) is 11.1. The van der Waals surface area contributed by atoms with Gasteiger partial charge in [0.25, 0.3) is 0 Å². The van der Waals surface area contributed by atoms with Crippen LogP contribution in [0.3, 0.4) is 0 Å². The number of benzene rings is 1. The van der Waals surface area contributed by atoms with Crippen molar-refractivity contribution in [2.75, 3.05) is 7.11 Å². The van der Waals surface area contributed by atoms with Crippen LogP contribution in [0.4, 0.5) is 0 Å². The molecule has 1 rings (SSSR count). The van der Waals surface area contributed by atoms with Crippen LogP contribution < -0.4 is 4.74 Å². The Morgan fingerprint density at radius 1 is 1.40 bits per heavy atom. The lowest BCUT2D eigenvalue weighted by Crippen LogP contribution is -1.89. The highest BCUT2D eigenvalue weighted by Crippen LogP contribution is 2.23. The Bertz CT molecular complexity index is 323. The molecule has 82 valence electrons. The van der Waals surface area contributed by atoms with Crippen LogP contribution in [0.15, 0.2) is 18.2 Å². The van der Waals surface area contributed by atoms with Gasteiger partial charge in [0.1, 0.15) is 12.0 Å². The van der Waals surface area contributed by atoms with Crippen LogP contribution in [0.2, 0.25) is 5.02 Å². The molecule has 0 saturated heterocycles. The largest absolute Gasteiger partial charge is 0.497 e. The first-order valence-electron chi connectivity index (χ1n) is 5.04. The van der Waals surface area contributed by atoms with Crippen molar-refractivity contribution in [3.8, 4) is 5.75 Å². The maximum Gasteiger partial charge on any atom is 0.120 e.